The van der Waals surface area contributed by atoms with Crippen molar-refractivity contribution in [2.24, 2.45) is 5.41 Å². The maximum atomic E-state index is 15.7. The number of anilines is 2. The number of rotatable bonds is 14. The van der Waals surface area contributed by atoms with E-state index in [1.807, 2.05) is 6.07 Å². The van der Waals surface area contributed by atoms with Crippen LogP contribution in [-0.4, -0.2) is 101 Å². The Morgan fingerprint density at radius 3 is 2.47 bits per heavy atom. The number of hydrogen-bond donors (Lipinski definition) is 3. The monoisotopic (exact) mass is 919 g/mol. The summed E-state index contributed by atoms with van der Waals surface area (Å²) in [5, 5.41) is 15.8. The van der Waals surface area contributed by atoms with Crippen molar-refractivity contribution in [2.75, 3.05) is 49.5 Å². The average molecular weight is 920 g/mol. The van der Waals surface area contributed by atoms with Crippen molar-refractivity contribution in [3.8, 4) is 11.5 Å². The molecule has 3 aromatic heterocycles. The van der Waals surface area contributed by atoms with E-state index in [0.29, 0.717) is 67.2 Å². The molecule has 0 unspecified atom stereocenters. The number of likely N-dealkylation sites (tertiary alicyclic amines) is 2. The molecule has 66 heavy (non-hydrogen) atoms. The Morgan fingerprint density at radius 1 is 0.955 bits per heavy atom. The van der Waals surface area contributed by atoms with Crippen LogP contribution in [0.4, 0.5) is 21.6 Å². The number of nitro benzene ring substituents is 1. The summed E-state index contributed by atoms with van der Waals surface area (Å²) in [7, 11) is -4.65. The minimum atomic E-state index is -4.65. The first-order chi connectivity index (χ1) is 31.8. The number of carbonyl (C=O) groups excluding carboxylic acids is 1. The smallest absolute Gasteiger partial charge is 0.293 e. The largest absolute Gasteiger partial charge is 0.455 e. The highest BCUT2D eigenvalue weighted by Gasteiger charge is 2.50. The highest BCUT2D eigenvalue weighted by Crippen LogP contribution is 2.54. The minimum Gasteiger partial charge on any atom is -0.455 e. The maximum Gasteiger partial charge on any atom is 0.293 e. The van der Waals surface area contributed by atoms with Gasteiger partial charge in [0, 0.05) is 80.8 Å². The number of benzene rings is 2. The van der Waals surface area contributed by atoms with Crippen molar-refractivity contribution in [3.63, 3.8) is 0 Å². The van der Waals surface area contributed by atoms with Crippen LogP contribution in [0, 0.1) is 15.5 Å². The van der Waals surface area contributed by atoms with Crippen molar-refractivity contribution < 1.29 is 27.3 Å². The van der Waals surface area contributed by atoms with Crippen molar-refractivity contribution >= 4 is 44.2 Å². The van der Waals surface area contributed by atoms with Gasteiger partial charge in [0.2, 0.25) is 0 Å². The maximum absolute atomic E-state index is 15.7. The molecule has 2 aliphatic carbocycles. The van der Waals surface area contributed by atoms with Gasteiger partial charge in [0.25, 0.3) is 21.6 Å². The normalized spacial score (nSPS) is 21.3. The molecule has 5 fully saturated rings. The fourth-order valence-corrected chi connectivity index (χ4v) is 12.0. The van der Waals surface area contributed by atoms with Gasteiger partial charge in [0.1, 0.15) is 39.9 Å². The molecule has 10 rings (SSSR count). The molecule has 3 saturated heterocycles. The van der Waals surface area contributed by atoms with Crippen LogP contribution in [0.15, 0.2) is 84.1 Å². The van der Waals surface area contributed by atoms with Crippen LogP contribution in [0.25, 0.3) is 11.0 Å². The lowest BCUT2D eigenvalue weighted by atomic mass is 9.60. The number of piperidine rings is 2. The molecule has 5 aliphatic rings. The van der Waals surface area contributed by atoms with E-state index >= 15 is 4.39 Å². The second-order valence-electron chi connectivity index (χ2n) is 19.6. The van der Waals surface area contributed by atoms with Crippen LogP contribution in [0.2, 0.25) is 0 Å². The van der Waals surface area contributed by atoms with E-state index in [1.165, 1.54) is 55.3 Å². The number of hydrogen-bond acceptors (Lipinski definition) is 12. The van der Waals surface area contributed by atoms with Crippen LogP contribution in [0.5, 0.6) is 11.5 Å². The van der Waals surface area contributed by atoms with Gasteiger partial charge in [-0.2, -0.15) is 0 Å². The van der Waals surface area contributed by atoms with Gasteiger partial charge in [0.15, 0.2) is 0 Å². The molecule has 1 atom stereocenters. The number of nitro groups is 1. The molecule has 1 amide bonds. The molecule has 2 aromatic carbocycles. The van der Waals surface area contributed by atoms with Crippen LogP contribution in [0.1, 0.15) is 112 Å². The predicted molar refractivity (Wildman–Crippen MR) is 250 cm³/mol. The van der Waals surface area contributed by atoms with E-state index in [4.69, 9.17) is 4.74 Å². The van der Waals surface area contributed by atoms with Crippen LogP contribution < -0.4 is 19.7 Å². The van der Waals surface area contributed by atoms with Gasteiger partial charge in [-0.1, -0.05) is 38.1 Å². The topological polar surface area (TPSA) is 179 Å². The molecule has 348 valence electrons. The highest BCUT2D eigenvalue weighted by molar-refractivity contribution is 7.90. The third-order valence-corrected chi connectivity index (χ3v) is 16.3. The molecule has 3 N–H and O–H groups in total. The third kappa shape index (κ3) is 8.96. The lowest BCUT2D eigenvalue weighted by Gasteiger charge is -2.56. The molecular formula is C49H58FN9O6S. The van der Waals surface area contributed by atoms with Crippen molar-refractivity contribution in [1.82, 2.24) is 29.5 Å². The predicted octanol–water partition coefficient (Wildman–Crippen LogP) is 8.87. The van der Waals surface area contributed by atoms with E-state index in [0.717, 1.165) is 62.8 Å². The number of H-pyrrole nitrogens is 1. The zero-order valence-electron chi connectivity index (χ0n) is 37.5. The van der Waals surface area contributed by atoms with Gasteiger partial charge >= 0.3 is 0 Å². The zero-order valence-corrected chi connectivity index (χ0v) is 38.4. The molecule has 15 nitrogen and oxygen atoms in total. The van der Waals surface area contributed by atoms with Crippen LogP contribution in [-0.2, 0) is 10.0 Å². The molecule has 1 spiro atoms. The second kappa shape index (κ2) is 17.5. The minimum absolute atomic E-state index is 0.0142. The van der Waals surface area contributed by atoms with Crippen LogP contribution in [0.3, 0.4) is 0 Å². The Kier molecular flexibility index (Phi) is 11.7. The number of nitrogens with one attached hydrogen (secondary N) is 3. The van der Waals surface area contributed by atoms with Crippen molar-refractivity contribution in [1.29, 1.82) is 0 Å². The first kappa shape index (κ1) is 44.2. The number of amides is 1. The summed E-state index contributed by atoms with van der Waals surface area (Å²) in [4.78, 5) is 44.3. The van der Waals surface area contributed by atoms with E-state index in [2.05, 4.69) is 77.8 Å². The number of fused-ring (bicyclic) bond motifs is 1. The standard InChI is InChI=1S/C49H58FN9O6S/c1-32(2)38-6-3-4-7-39(38)42-8-5-19-58(42)35-27-48(28-35)14-20-57(21-15-48)45-26-44(65-36-24-33-13-18-51-46(33)53-29-36)40(30-52-45)47(60)55-66(63,64)37-11-12-41(43(25-37)59(61)62)54-31-49(50)16-22-56(23-17-49)34-9-10-34/h3-4,6-7,11-13,18,24-26,29-30,32,34-35,42,54H,5,8-10,14-17,19-23,27-28,31H2,1-2H3,(H,51,53)(H,55,60)/t42-/m0/s1. The van der Waals surface area contributed by atoms with Crippen molar-refractivity contribution in [2.45, 2.75) is 113 Å². The molecule has 17 heteroatoms. The number of aromatic amines is 1. The summed E-state index contributed by atoms with van der Waals surface area (Å²) in [5.41, 5.74) is 1.57. The van der Waals surface area contributed by atoms with E-state index in [1.54, 1.807) is 18.3 Å². The summed E-state index contributed by atoms with van der Waals surface area (Å²) in [6.07, 6.45) is 14.2. The first-order valence-corrected chi connectivity index (χ1v) is 25.0. The van der Waals surface area contributed by atoms with Gasteiger partial charge < -0.3 is 24.8 Å². The lowest BCUT2D eigenvalue weighted by molar-refractivity contribution is -0.384. The molecule has 5 aromatic rings. The van der Waals surface area contributed by atoms with E-state index in [9.17, 15) is 23.3 Å². The molecule has 0 bridgehead atoms. The number of aromatic nitrogens is 3. The number of ether oxygens (including phenoxy) is 1. The summed E-state index contributed by atoms with van der Waals surface area (Å²) >= 11 is 0. The molecular weight excluding hydrogens is 862 g/mol. The molecule has 3 aliphatic heterocycles. The van der Waals surface area contributed by atoms with Gasteiger partial charge in [-0.15, -0.1) is 0 Å². The Morgan fingerprint density at radius 2 is 1.73 bits per heavy atom. The quantitative estimate of drug-likeness (QED) is 0.0713. The summed E-state index contributed by atoms with van der Waals surface area (Å²) in [6.45, 7) is 8.33. The second-order valence-corrected chi connectivity index (χ2v) is 21.3. The van der Waals surface area contributed by atoms with Crippen molar-refractivity contribution in [3.05, 3.63) is 106 Å². The Balaban J connectivity index is 0.830. The molecule has 0 radical (unpaired) electrons. The molecule has 6 heterocycles. The number of alkyl halides is 1. The number of nitrogens with zero attached hydrogens (tertiary/aromatic N) is 6. The van der Waals surface area contributed by atoms with Gasteiger partial charge in [-0.05, 0) is 117 Å². The zero-order chi connectivity index (χ0) is 45.8. The Hall–Kier alpha value is -5.65. The average Bonchev–Trinajstić information content (AvgIpc) is 3.84. The third-order valence-electron chi connectivity index (χ3n) is 15.0. The lowest BCUT2D eigenvalue weighted by Crippen LogP contribution is -2.55. The number of halogens is 1. The van der Waals surface area contributed by atoms with Gasteiger partial charge in [0.05, 0.1) is 16.0 Å². The van der Waals surface area contributed by atoms with Gasteiger partial charge in [-0.3, -0.25) is 19.8 Å². The Labute approximate surface area is 384 Å². The number of sulfonamides is 1. The van der Waals surface area contributed by atoms with Gasteiger partial charge in [-0.25, -0.2) is 27.5 Å². The van der Waals surface area contributed by atoms with E-state index in [-0.39, 0.29) is 29.0 Å². The SMILES string of the molecule is CC(C)c1ccccc1[C@@H]1CCCN1C1CC2(CCN(c3cc(Oc4cnc5[nH]ccc5c4)c(C(=O)NS(=O)(=O)c4ccc(NCC5(F)CCN(C6CC6)CC5)c([N+](=O)[O-])c4)cn3)CC2)C1. The summed E-state index contributed by atoms with van der Waals surface area (Å²) in [5.74, 6) is 0.447. The fraction of sp³-hybridized carbons (Fsp3) is 0.490. The fourth-order valence-electron chi connectivity index (χ4n) is 11.0. The number of pyridine rings is 2. The molecule has 2 saturated carbocycles. The summed E-state index contributed by atoms with van der Waals surface area (Å²) < 4.78 is 51.6. The summed E-state index contributed by atoms with van der Waals surface area (Å²) in [6, 6.07) is 19.0. The number of carbonyl (C=O) groups is 1. The first-order valence-electron chi connectivity index (χ1n) is 23.5. The van der Waals surface area contributed by atoms with E-state index < -0.39 is 37.1 Å². The highest BCUT2D eigenvalue weighted by atomic mass is 32.2. The Bertz CT molecular complexity index is 2740. The van der Waals surface area contributed by atoms with Crippen LogP contribution >= 0.6 is 0 Å².